The first-order chi connectivity index (χ1) is 13.5. The maximum Gasteiger partial charge on any atom is 0.301 e. The first-order valence-corrected chi connectivity index (χ1v) is 10.1. The number of rotatable bonds is 4. The average molecular weight is 442 g/mol. The molecular formula is C21H20BrN3O3. The minimum absolute atomic E-state index is 0.148. The summed E-state index contributed by atoms with van der Waals surface area (Å²) in [5.41, 5.74) is -1.31. The molecular weight excluding hydrogens is 422 g/mol. The number of carbonyl (C=O) groups is 2. The van der Waals surface area contributed by atoms with Crippen LogP contribution in [-0.4, -0.2) is 46.2 Å². The summed E-state index contributed by atoms with van der Waals surface area (Å²) in [6.07, 6.45) is 2.76. The topological polar surface area (TPSA) is 73.2 Å². The lowest BCUT2D eigenvalue weighted by Gasteiger charge is -2.37. The van der Waals surface area contributed by atoms with Gasteiger partial charge in [0.1, 0.15) is 0 Å². The molecule has 1 N–H and O–H groups in total. The van der Waals surface area contributed by atoms with Crippen molar-refractivity contribution in [2.24, 2.45) is 5.10 Å². The Balaban J connectivity index is 1.78. The van der Waals surface area contributed by atoms with Gasteiger partial charge in [-0.1, -0.05) is 40.5 Å². The van der Waals surface area contributed by atoms with Gasteiger partial charge in [-0.3, -0.25) is 14.5 Å². The molecule has 2 heterocycles. The summed E-state index contributed by atoms with van der Waals surface area (Å²) in [5, 5.41) is 17.0. The highest BCUT2D eigenvalue weighted by atomic mass is 79.9. The monoisotopic (exact) mass is 441 g/mol. The van der Waals surface area contributed by atoms with Crippen molar-refractivity contribution >= 4 is 39.0 Å². The molecule has 2 aromatic carbocycles. The highest BCUT2D eigenvalue weighted by Gasteiger charge is 2.57. The van der Waals surface area contributed by atoms with E-state index in [0.29, 0.717) is 24.3 Å². The number of nitrogens with zero attached hydrogens (tertiary/aromatic N) is 3. The van der Waals surface area contributed by atoms with E-state index in [1.165, 1.54) is 0 Å². The summed E-state index contributed by atoms with van der Waals surface area (Å²) in [7, 11) is 0. The van der Waals surface area contributed by atoms with Crippen LogP contribution in [0, 0.1) is 0 Å². The van der Waals surface area contributed by atoms with E-state index in [-0.39, 0.29) is 5.71 Å². The summed E-state index contributed by atoms with van der Waals surface area (Å²) in [5.74, 6) is -1.06. The Morgan fingerprint density at radius 1 is 1.00 bits per heavy atom. The van der Waals surface area contributed by atoms with Crippen molar-refractivity contribution in [2.75, 3.05) is 18.1 Å². The van der Waals surface area contributed by atoms with Gasteiger partial charge < -0.3 is 5.11 Å². The third-order valence-electron chi connectivity index (χ3n) is 5.16. The van der Waals surface area contributed by atoms with Gasteiger partial charge >= 0.3 is 5.91 Å². The number of hydrogen-bond acceptors (Lipinski definition) is 5. The van der Waals surface area contributed by atoms with Gasteiger partial charge in [0.2, 0.25) is 5.78 Å². The largest absolute Gasteiger partial charge is 0.362 e. The Morgan fingerprint density at radius 2 is 1.64 bits per heavy atom. The van der Waals surface area contributed by atoms with Crippen LogP contribution in [0.15, 0.2) is 64.2 Å². The van der Waals surface area contributed by atoms with Crippen LogP contribution < -0.4 is 5.01 Å². The zero-order chi connectivity index (χ0) is 19.7. The van der Waals surface area contributed by atoms with Gasteiger partial charge in [0.25, 0.3) is 5.72 Å². The number of hydrazone groups is 1. The van der Waals surface area contributed by atoms with Crippen LogP contribution in [0.25, 0.3) is 0 Å². The molecule has 6 nitrogen and oxygen atoms in total. The van der Waals surface area contributed by atoms with Crippen LogP contribution >= 0.6 is 15.9 Å². The van der Waals surface area contributed by atoms with E-state index in [4.69, 9.17) is 0 Å². The molecule has 2 aromatic rings. The van der Waals surface area contributed by atoms with Gasteiger partial charge in [0.15, 0.2) is 5.71 Å². The van der Waals surface area contributed by atoms with Crippen LogP contribution in [0.5, 0.6) is 0 Å². The fraction of sp³-hybridized carbons (Fsp3) is 0.286. The van der Waals surface area contributed by atoms with Crippen molar-refractivity contribution in [2.45, 2.75) is 25.0 Å². The molecule has 144 valence electrons. The van der Waals surface area contributed by atoms with Crippen LogP contribution in [-0.2, 0) is 4.79 Å². The maximum atomic E-state index is 13.3. The fourth-order valence-electron chi connectivity index (χ4n) is 3.65. The molecule has 1 atom stereocenters. The van der Waals surface area contributed by atoms with Crippen molar-refractivity contribution in [1.29, 1.82) is 0 Å². The molecule has 4 rings (SSSR count). The standard InChI is InChI=1S/C21H20BrN3O3/c22-16-11-9-15(10-12-16)18(26)19-21(28,24-13-5-2-6-14-24)20(27)25(23-19)17-7-3-1-4-8-17/h1,3-4,7-12,28H,2,5-6,13-14H2. The van der Waals surface area contributed by atoms with Gasteiger partial charge in [-0.25, -0.2) is 0 Å². The van der Waals surface area contributed by atoms with E-state index in [0.717, 1.165) is 28.7 Å². The predicted molar refractivity (Wildman–Crippen MR) is 110 cm³/mol. The van der Waals surface area contributed by atoms with Crippen molar-refractivity contribution < 1.29 is 14.7 Å². The number of piperidine rings is 1. The summed E-state index contributed by atoms with van der Waals surface area (Å²) in [6.45, 7) is 1.08. The summed E-state index contributed by atoms with van der Waals surface area (Å²) in [6, 6.07) is 15.7. The number of amides is 1. The second-order valence-corrected chi connectivity index (χ2v) is 7.87. The quantitative estimate of drug-likeness (QED) is 0.739. The molecule has 2 aliphatic heterocycles. The molecule has 1 unspecified atom stereocenters. The second kappa shape index (κ2) is 7.58. The van der Waals surface area contributed by atoms with E-state index in [1.54, 1.807) is 53.4 Å². The number of hydrogen-bond donors (Lipinski definition) is 1. The number of carbonyl (C=O) groups excluding carboxylic acids is 2. The molecule has 0 aromatic heterocycles. The van der Waals surface area contributed by atoms with Gasteiger partial charge in [-0.15, -0.1) is 0 Å². The van der Waals surface area contributed by atoms with Crippen molar-refractivity contribution in [3.05, 3.63) is 64.6 Å². The number of para-hydroxylation sites is 1. The fourth-order valence-corrected chi connectivity index (χ4v) is 3.92. The molecule has 0 bridgehead atoms. The number of anilines is 1. The minimum atomic E-state index is -2.06. The SMILES string of the molecule is O=C(C1=NN(c2ccccc2)C(=O)C1(O)N1CCCCC1)c1ccc(Br)cc1. The highest BCUT2D eigenvalue weighted by molar-refractivity contribution is 9.10. The minimum Gasteiger partial charge on any atom is -0.362 e. The van der Waals surface area contributed by atoms with Crippen molar-refractivity contribution in [3.8, 4) is 0 Å². The van der Waals surface area contributed by atoms with E-state index in [1.807, 2.05) is 6.07 Å². The first-order valence-electron chi connectivity index (χ1n) is 9.28. The normalized spacial score (nSPS) is 23.0. The third kappa shape index (κ3) is 3.19. The van der Waals surface area contributed by atoms with Gasteiger partial charge in [-0.2, -0.15) is 10.1 Å². The van der Waals surface area contributed by atoms with Crippen molar-refractivity contribution in [1.82, 2.24) is 4.90 Å². The van der Waals surface area contributed by atoms with E-state index in [2.05, 4.69) is 21.0 Å². The average Bonchev–Trinajstić information content (AvgIpc) is 3.01. The maximum absolute atomic E-state index is 13.3. The van der Waals surface area contributed by atoms with Crippen LogP contribution in [0.1, 0.15) is 29.6 Å². The molecule has 0 spiro atoms. The zero-order valence-electron chi connectivity index (χ0n) is 15.2. The number of benzene rings is 2. The lowest BCUT2D eigenvalue weighted by Crippen LogP contribution is -2.62. The lowest BCUT2D eigenvalue weighted by atomic mass is 9.95. The molecule has 28 heavy (non-hydrogen) atoms. The first kappa shape index (κ1) is 19.0. The highest BCUT2D eigenvalue weighted by Crippen LogP contribution is 2.32. The lowest BCUT2D eigenvalue weighted by molar-refractivity contribution is -0.145. The van der Waals surface area contributed by atoms with E-state index >= 15 is 0 Å². The van der Waals surface area contributed by atoms with Crippen LogP contribution in [0.3, 0.4) is 0 Å². The second-order valence-electron chi connectivity index (χ2n) is 6.96. The molecule has 7 heteroatoms. The summed E-state index contributed by atoms with van der Waals surface area (Å²) in [4.78, 5) is 28.2. The van der Waals surface area contributed by atoms with Crippen molar-refractivity contribution in [3.63, 3.8) is 0 Å². The molecule has 0 radical (unpaired) electrons. The number of ketones is 1. The van der Waals surface area contributed by atoms with Crippen LogP contribution in [0.4, 0.5) is 5.69 Å². The number of likely N-dealkylation sites (tertiary alicyclic amines) is 1. The smallest absolute Gasteiger partial charge is 0.301 e. The van der Waals surface area contributed by atoms with Gasteiger partial charge in [-0.05, 0) is 49.2 Å². The molecule has 2 aliphatic rings. The Labute approximate surface area is 171 Å². The molecule has 1 fully saturated rings. The summed E-state index contributed by atoms with van der Waals surface area (Å²) >= 11 is 3.35. The van der Waals surface area contributed by atoms with E-state index < -0.39 is 17.4 Å². The van der Waals surface area contributed by atoms with E-state index in [9.17, 15) is 14.7 Å². The number of halogens is 1. The Morgan fingerprint density at radius 3 is 2.29 bits per heavy atom. The zero-order valence-corrected chi connectivity index (χ0v) is 16.8. The molecule has 0 saturated carbocycles. The Bertz CT molecular complexity index is 924. The summed E-state index contributed by atoms with van der Waals surface area (Å²) < 4.78 is 0.839. The van der Waals surface area contributed by atoms with Crippen LogP contribution in [0.2, 0.25) is 0 Å². The Hall–Kier alpha value is -2.35. The molecule has 1 saturated heterocycles. The predicted octanol–water partition coefficient (Wildman–Crippen LogP) is 3.21. The number of Topliss-reactive ketones (excluding diaryl/α,β-unsaturated/α-hetero) is 1. The number of aliphatic hydroxyl groups is 1. The molecule has 1 amide bonds. The molecule has 0 aliphatic carbocycles. The van der Waals surface area contributed by atoms with Gasteiger partial charge in [0.05, 0.1) is 5.69 Å². The van der Waals surface area contributed by atoms with Gasteiger partial charge in [0, 0.05) is 23.1 Å². The third-order valence-corrected chi connectivity index (χ3v) is 5.69. The Kier molecular flexibility index (Phi) is 5.14.